The van der Waals surface area contributed by atoms with Crippen LogP contribution in [0.15, 0.2) is 49.1 Å². The Morgan fingerprint density at radius 2 is 1.88 bits per heavy atom. The monoisotopic (exact) mass is 341 g/mol. The Kier molecular flexibility index (Phi) is 4.63. The highest BCUT2D eigenvalue weighted by molar-refractivity contribution is 5.27. The summed E-state index contributed by atoms with van der Waals surface area (Å²) in [6.07, 6.45) is 8.15. The van der Waals surface area contributed by atoms with E-state index in [1.165, 1.54) is 5.56 Å². The second kappa shape index (κ2) is 6.90. The quantitative estimate of drug-likeness (QED) is 0.905. The van der Waals surface area contributed by atoms with Gasteiger partial charge in [0.15, 0.2) is 0 Å². The van der Waals surface area contributed by atoms with E-state index in [0.29, 0.717) is 6.54 Å². The summed E-state index contributed by atoms with van der Waals surface area (Å²) in [7, 11) is 0. The van der Waals surface area contributed by atoms with Crippen LogP contribution in [0.4, 0.5) is 0 Å². The Labute approximate surface area is 149 Å². The molecule has 0 amide bonds. The minimum Gasteiger partial charge on any atom is -0.388 e. The van der Waals surface area contributed by atoms with Gasteiger partial charge in [0.2, 0.25) is 0 Å². The van der Waals surface area contributed by atoms with Crippen molar-refractivity contribution in [3.8, 4) is 0 Å². The molecule has 3 heterocycles. The van der Waals surface area contributed by atoms with Gasteiger partial charge in [-0.05, 0) is 24.8 Å². The van der Waals surface area contributed by atoms with Crippen LogP contribution >= 0.6 is 0 Å². The molecule has 0 radical (unpaired) electrons. The third kappa shape index (κ3) is 3.64. The Hall–Kier alpha value is -1.69. The van der Waals surface area contributed by atoms with E-state index >= 15 is 0 Å². The lowest BCUT2D eigenvalue weighted by Crippen LogP contribution is -2.50. The molecular formula is C20H27N3O2. The topological polar surface area (TPSA) is 50.5 Å². The summed E-state index contributed by atoms with van der Waals surface area (Å²) in [5, 5.41) is 10.9. The van der Waals surface area contributed by atoms with Crippen LogP contribution < -0.4 is 0 Å². The zero-order valence-corrected chi connectivity index (χ0v) is 14.7. The van der Waals surface area contributed by atoms with Crippen molar-refractivity contribution in [1.82, 2.24) is 14.5 Å². The highest BCUT2D eigenvalue weighted by Gasteiger charge is 2.40. The van der Waals surface area contributed by atoms with Crippen molar-refractivity contribution in [3.05, 3.63) is 54.6 Å². The number of benzene rings is 1. The van der Waals surface area contributed by atoms with Crippen LogP contribution in [0.5, 0.6) is 0 Å². The van der Waals surface area contributed by atoms with E-state index in [0.717, 1.165) is 52.1 Å². The lowest BCUT2D eigenvalue weighted by Gasteiger charge is -2.42. The third-order valence-electron chi connectivity index (χ3n) is 5.84. The smallest absolute Gasteiger partial charge is 0.0946 e. The van der Waals surface area contributed by atoms with Gasteiger partial charge >= 0.3 is 0 Å². The molecular weight excluding hydrogens is 314 g/mol. The standard InChI is InChI=1S/C20H27N3O2/c24-20(15-23-12-9-21-17-23)6-10-22(11-7-20)14-19(8-13-25-16-19)18-4-2-1-3-5-18/h1-5,9,12,17,24H,6-8,10-11,13-16H2/t19-/m1/s1. The number of aliphatic hydroxyl groups is 1. The van der Waals surface area contributed by atoms with Crippen molar-refractivity contribution in [2.45, 2.75) is 36.8 Å². The molecule has 1 atom stereocenters. The van der Waals surface area contributed by atoms with Gasteiger partial charge in [0.25, 0.3) is 0 Å². The van der Waals surface area contributed by atoms with Crippen LogP contribution in [0.1, 0.15) is 24.8 Å². The molecule has 0 aliphatic carbocycles. The Bertz CT molecular complexity index is 658. The van der Waals surface area contributed by atoms with Crippen LogP contribution in [0.3, 0.4) is 0 Å². The summed E-state index contributed by atoms with van der Waals surface area (Å²) in [6.45, 7) is 5.14. The number of nitrogens with zero attached hydrogens (tertiary/aromatic N) is 3. The summed E-state index contributed by atoms with van der Waals surface area (Å²) >= 11 is 0. The lowest BCUT2D eigenvalue weighted by atomic mass is 9.78. The summed E-state index contributed by atoms with van der Waals surface area (Å²) < 4.78 is 7.76. The van der Waals surface area contributed by atoms with Gasteiger partial charge in [-0.15, -0.1) is 0 Å². The molecule has 5 nitrogen and oxygen atoms in total. The number of imidazole rings is 1. The largest absolute Gasteiger partial charge is 0.388 e. The molecule has 0 saturated carbocycles. The van der Waals surface area contributed by atoms with Crippen LogP contribution in [-0.2, 0) is 16.7 Å². The molecule has 2 fully saturated rings. The molecule has 5 heteroatoms. The first-order valence-electron chi connectivity index (χ1n) is 9.21. The molecule has 0 spiro atoms. The molecule has 1 aromatic heterocycles. The molecule has 134 valence electrons. The van der Waals surface area contributed by atoms with Crippen LogP contribution in [0.2, 0.25) is 0 Å². The zero-order chi connectivity index (χ0) is 17.2. The van der Waals surface area contributed by atoms with E-state index in [2.05, 4.69) is 40.2 Å². The van der Waals surface area contributed by atoms with E-state index < -0.39 is 5.60 Å². The molecule has 25 heavy (non-hydrogen) atoms. The summed E-state index contributed by atoms with van der Waals surface area (Å²) in [5.74, 6) is 0. The van der Waals surface area contributed by atoms with E-state index in [9.17, 15) is 5.11 Å². The van der Waals surface area contributed by atoms with Crippen molar-refractivity contribution in [2.24, 2.45) is 0 Å². The SMILES string of the molecule is OC1(Cn2ccnc2)CCN(C[C@]2(c3ccccc3)CCOC2)CC1. The number of hydrogen-bond acceptors (Lipinski definition) is 4. The van der Waals surface area contributed by atoms with Crippen molar-refractivity contribution in [2.75, 3.05) is 32.8 Å². The van der Waals surface area contributed by atoms with Crippen LogP contribution in [-0.4, -0.2) is 58.0 Å². The Morgan fingerprint density at radius 1 is 1.08 bits per heavy atom. The minimum absolute atomic E-state index is 0.0983. The van der Waals surface area contributed by atoms with Crippen molar-refractivity contribution < 1.29 is 9.84 Å². The van der Waals surface area contributed by atoms with Gasteiger partial charge in [0.05, 0.1) is 25.1 Å². The fourth-order valence-electron chi connectivity index (χ4n) is 4.28. The second-order valence-corrected chi connectivity index (χ2v) is 7.68. The molecule has 2 aliphatic rings. The number of aromatic nitrogens is 2. The molecule has 1 N–H and O–H groups in total. The minimum atomic E-state index is -0.622. The number of ether oxygens (including phenoxy) is 1. The fourth-order valence-corrected chi connectivity index (χ4v) is 4.28. The maximum atomic E-state index is 10.9. The Balaban J connectivity index is 1.40. The van der Waals surface area contributed by atoms with E-state index in [1.54, 1.807) is 12.5 Å². The first-order valence-corrected chi connectivity index (χ1v) is 9.21. The zero-order valence-electron chi connectivity index (χ0n) is 14.7. The highest BCUT2D eigenvalue weighted by Crippen LogP contribution is 2.35. The average Bonchev–Trinajstić information content (AvgIpc) is 3.31. The van der Waals surface area contributed by atoms with E-state index in [4.69, 9.17) is 4.74 Å². The first-order chi connectivity index (χ1) is 12.2. The van der Waals surface area contributed by atoms with Crippen LogP contribution in [0, 0.1) is 0 Å². The lowest BCUT2D eigenvalue weighted by molar-refractivity contribution is -0.0383. The molecule has 2 saturated heterocycles. The number of rotatable bonds is 5. The van der Waals surface area contributed by atoms with Gasteiger partial charge in [-0.3, -0.25) is 0 Å². The summed E-state index contributed by atoms with van der Waals surface area (Å²) in [5.41, 5.74) is 0.858. The van der Waals surface area contributed by atoms with Crippen molar-refractivity contribution in [1.29, 1.82) is 0 Å². The fraction of sp³-hybridized carbons (Fsp3) is 0.550. The molecule has 0 unspecified atom stereocenters. The van der Waals surface area contributed by atoms with Gasteiger partial charge in [-0.25, -0.2) is 4.98 Å². The second-order valence-electron chi connectivity index (χ2n) is 7.68. The average molecular weight is 341 g/mol. The predicted molar refractivity (Wildman–Crippen MR) is 96.4 cm³/mol. The third-order valence-corrected chi connectivity index (χ3v) is 5.84. The Morgan fingerprint density at radius 3 is 2.52 bits per heavy atom. The maximum absolute atomic E-state index is 10.9. The van der Waals surface area contributed by atoms with Gasteiger partial charge in [0, 0.05) is 44.0 Å². The van der Waals surface area contributed by atoms with Crippen molar-refractivity contribution >= 4 is 0 Å². The summed E-state index contributed by atoms with van der Waals surface area (Å²) in [4.78, 5) is 6.58. The number of piperidine rings is 1. The molecule has 2 aliphatic heterocycles. The van der Waals surface area contributed by atoms with E-state index in [1.807, 2.05) is 10.8 Å². The van der Waals surface area contributed by atoms with Gasteiger partial charge in [-0.1, -0.05) is 30.3 Å². The molecule has 1 aromatic carbocycles. The van der Waals surface area contributed by atoms with Gasteiger partial charge < -0.3 is 19.3 Å². The summed E-state index contributed by atoms with van der Waals surface area (Å²) in [6, 6.07) is 10.8. The molecule has 0 bridgehead atoms. The molecule has 2 aromatic rings. The maximum Gasteiger partial charge on any atom is 0.0946 e. The molecule has 4 rings (SSSR count). The van der Waals surface area contributed by atoms with Crippen LogP contribution in [0.25, 0.3) is 0 Å². The highest BCUT2D eigenvalue weighted by atomic mass is 16.5. The first kappa shape index (κ1) is 16.8. The number of hydrogen-bond donors (Lipinski definition) is 1. The van der Waals surface area contributed by atoms with Crippen molar-refractivity contribution in [3.63, 3.8) is 0 Å². The van der Waals surface area contributed by atoms with Gasteiger partial charge in [0.1, 0.15) is 0 Å². The normalized spacial score (nSPS) is 26.8. The number of likely N-dealkylation sites (tertiary alicyclic amines) is 1. The van der Waals surface area contributed by atoms with E-state index in [-0.39, 0.29) is 5.41 Å². The predicted octanol–water partition coefficient (Wildman–Crippen LogP) is 2.07. The van der Waals surface area contributed by atoms with Gasteiger partial charge in [-0.2, -0.15) is 0 Å².